The van der Waals surface area contributed by atoms with E-state index in [4.69, 9.17) is 10.5 Å². The van der Waals surface area contributed by atoms with Crippen LogP contribution in [0.4, 0.5) is 4.39 Å². The van der Waals surface area contributed by atoms with Gasteiger partial charge in [0.1, 0.15) is 18.2 Å². The highest BCUT2D eigenvalue weighted by Gasteiger charge is 2.21. The maximum Gasteiger partial charge on any atom is 0.126 e. The first kappa shape index (κ1) is 13.3. The molecule has 3 heteroatoms. The van der Waals surface area contributed by atoms with Gasteiger partial charge in [-0.2, -0.15) is 0 Å². The van der Waals surface area contributed by atoms with Gasteiger partial charge in [0, 0.05) is 12.1 Å². The minimum absolute atomic E-state index is 0.0629. The molecule has 1 aromatic carbocycles. The quantitative estimate of drug-likeness (QED) is 0.890. The summed E-state index contributed by atoms with van der Waals surface area (Å²) in [5, 5.41) is 0. The zero-order chi connectivity index (χ0) is 13.0. The Labute approximate surface area is 108 Å². The average molecular weight is 251 g/mol. The van der Waals surface area contributed by atoms with Crippen LogP contribution in [0.3, 0.4) is 0 Å². The number of halogens is 1. The third kappa shape index (κ3) is 3.45. The van der Waals surface area contributed by atoms with Gasteiger partial charge in [0.05, 0.1) is 0 Å². The number of ether oxygens (including phenoxy) is 1. The van der Waals surface area contributed by atoms with Crippen LogP contribution in [0.1, 0.15) is 37.7 Å². The van der Waals surface area contributed by atoms with Crippen molar-refractivity contribution in [2.45, 2.75) is 45.1 Å². The van der Waals surface area contributed by atoms with Crippen LogP contribution >= 0.6 is 0 Å². The highest BCUT2D eigenvalue weighted by Crippen LogP contribution is 2.26. The van der Waals surface area contributed by atoms with E-state index in [2.05, 4.69) is 0 Å². The van der Waals surface area contributed by atoms with E-state index in [1.807, 2.05) is 6.92 Å². The van der Waals surface area contributed by atoms with E-state index in [0.717, 1.165) is 5.56 Å². The molecule has 0 heterocycles. The standard InChI is InChI=1S/C15H22FNO/c1-11-7-8-13(16)9-15(11)18-10-14(17)12-5-3-2-4-6-12/h7-9,12,14H,2-6,10,17H2,1H3. The fraction of sp³-hybridized carbons (Fsp3) is 0.600. The molecular formula is C15H22FNO. The summed E-state index contributed by atoms with van der Waals surface area (Å²) in [5.74, 6) is 0.913. The minimum atomic E-state index is -0.262. The van der Waals surface area contributed by atoms with E-state index in [1.54, 1.807) is 6.07 Å². The maximum absolute atomic E-state index is 13.1. The second-order valence-electron chi connectivity index (χ2n) is 5.28. The Morgan fingerprint density at radius 2 is 2.06 bits per heavy atom. The molecule has 1 saturated carbocycles. The van der Waals surface area contributed by atoms with E-state index < -0.39 is 0 Å². The monoisotopic (exact) mass is 251 g/mol. The molecule has 0 aliphatic heterocycles. The lowest BCUT2D eigenvalue weighted by Crippen LogP contribution is -2.37. The molecule has 1 unspecified atom stereocenters. The van der Waals surface area contributed by atoms with E-state index in [1.165, 1.54) is 44.2 Å². The maximum atomic E-state index is 13.1. The Kier molecular flexibility index (Phi) is 4.59. The topological polar surface area (TPSA) is 35.2 Å². The van der Waals surface area contributed by atoms with E-state index >= 15 is 0 Å². The molecule has 1 fully saturated rings. The van der Waals surface area contributed by atoms with Crippen LogP contribution in [0.5, 0.6) is 5.75 Å². The van der Waals surface area contributed by atoms with Gasteiger partial charge < -0.3 is 10.5 Å². The summed E-state index contributed by atoms with van der Waals surface area (Å²) in [5.41, 5.74) is 7.12. The molecule has 18 heavy (non-hydrogen) atoms. The molecule has 0 saturated heterocycles. The molecule has 0 bridgehead atoms. The van der Waals surface area contributed by atoms with Gasteiger partial charge in [0.15, 0.2) is 0 Å². The van der Waals surface area contributed by atoms with Crippen LogP contribution < -0.4 is 10.5 Å². The van der Waals surface area contributed by atoms with Crippen molar-refractivity contribution in [2.24, 2.45) is 11.7 Å². The van der Waals surface area contributed by atoms with E-state index in [9.17, 15) is 4.39 Å². The van der Waals surface area contributed by atoms with Gasteiger partial charge in [0.2, 0.25) is 0 Å². The molecule has 1 aliphatic rings. The first-order chi connectivity index (χ1) is 8.66. The third-order valence-electron chi connectivity index (χ3n) is 3.84. The highest BCUT2D eigenvalue weighted by atomic mass is 19.1. The van der Waals surface area contributed by atoms with Crippen LogP contribution in [-0.4, -0.2) is 12.6 Å². The molecule has 1 atom stereocenters. The summed E-state index contributed by atoms with van der Waals surface area (Å²) in [6.07, 6.45) is 6.28. The van der Waals surface area contributed by atoms with Crippen molar-refractivity contribution in [2.75, 3.05) is 6.61 Å². The van der Waals surface area contributed by atoms with Crippen molar-refractivity contribution in [3.05, 3.63) is 29.6 Å². The summed E-state index contributed by atoms with van der Waals surface area (Å²) in [4.78, 5) is 0. The van der Waals surface area contributed by atoms with Gasteiger partial charge in [-0.3, -0.25) is 0 Å². The Morgan fingerprint density at radius 3 is 2.78 bits per heavy atom. The van der Waals surface area contributed by atoms with Crippen molar-refractivity contribution >= 4 is 0 Å². The number of aryl methyl sites for hydroxylation is 1. The van der Waals surface area contributed by atoms with Crippen molar-refractivity contribution < 1.29 is 9.13 Å². The molecule has 0 spiro atoms. The number of benzene rings is 1. The fourth-order valence-electron chi connectivity index (χ4n) is 2.61. The predicted molar refractivity (Wildman–Crippen MR) is 71.2 cm³/mol. The first-order valence-electron chi connectivity index (χ1n) is 6.81. The molecule has 0 amide bonds. The lowest BCUT2D eigenvalue weighted by atomic mass is 9.84. The summed E-state index contributed by atoms with van der Waals surface area (Å²) in [6, 6.07) is 4.68. The normalized spacial score (nSPS) is 18.6. The van der Waals surface area contributed by atoms with Crippen LogP contribution in [-0.2, 0) is 0 Å². The molecule has 2 N–H and O–H groups in total. The molecule has 2 nitrogen and oxygen atoms in total. The molecule has 2 rings (SSSR count). The highest BCUT2D eigenvalue weighted by molar-refractivity contribution is 5.32. The van der Waals surface area contributed by atoms with Gasteiger partial charge in [-0.05, 0) is 37.3 Å². The van der Waals surface area contributed by atoms with Crippen LogP contribution in [0.25, 0.3) is 0 Å². The number of hydrogen-bond donors (Lipinski definition) is 1. The van der Waals surface area contributed by atoms with Gasteiger partial charge in [-0.15, -0.1) is 0 Å². The van der Waals surface area contributed by atoms with Crippen LogP contribution in [0.2, 0.25) is 0 Å². The molecule has 1 aromatic rings. The lowest BCUT2D eigenvalue weighted by molar-refractivity contribution is 0.212. The SMILES string of the molecule is Cc1ccc(F)cc1OCC(N)C1CCCCC1. The van der Waals surface area contributed by atoms with Gasteiger partial charge >= 0.3 is 0 Å². The molecule has 0 aromatic heterocycles. The van der Waals surface area contributed by atoms with E-state index in [-0.39, 0.29) is 11.9 Å². The number of hydrogen-bond acceptors (Lipinski definition) is 2. The van der Waals surface area contributed by atoms with Gasteiger partial charge in [-0.1, -0.05) is 25.3 Å². The zero-order valence-electron chi connectivity index (χ0n) is 11.0. The predicted octanol–water partition coefficient (Wildman–Crippen LogP) is 3.42. The van der Waals surface area contributed by atoms with Crippen LogP contribution in [0, 0.1) is 18.7 Å². The lowest BCUT2D eigenvalue weighted by Gasteiger charge is -2.27. The number of rotatable bonds is 4. The van der Waals surface area contributed by atoms with Crippen molar-refractivity contribution in [1.82, 2.24) is 0 Å². The average Bonchev–Trinajstić information content (AvgIpc) is 2.40. The van der Waals surface area contributed by atoms with Crippen LogP contribution in [0.15, 0.2) is 18.2 Å². The fourth-order valence-corrected chi connectivity index (χ4v) is 2.61. The first-order valence-corrected chi connectivity index (χ1v) is 6.81. The summed E-state index contributed by atoms with van der Waals surface area (Å²) < 4.78 is 18.8. The Bertz CT molecular complexity index is 388. The largest absolute Gasteiger partial charge is 0.492 e. The van der Waals surface area contributed by atoms with Crippen molar-refractivity contribution in [3.8, 4) is 5.75 Å². The van der Waals surface area contributed by atoms with Gasteiger partial charge in [0.25, 0.3) is 0 Å². The van der Waals surface area contributed by atoms with E-state index in [0.29, 0.717) is 18.3 Å². The van der Waals surface area contributed by atoms with Gasteiger partial charge in [-0.25, -0.2) is 4.39 Å². The van der Waals surface area contributed by atoms with Crippen molar-refractivity contribution in [1.29, 1.82) is 0 Å². The molecule has 1 aliphatic carbocycles. The summed E-state index contributed by atoms with van der Waals surface area (Å²) >= 11 is 0. The Morgan fingerprint density at radius 1 is 1.33 bits per heavy atom. The zero-order valence-corrected chi connectivity index (χ0v) is 11.0. The molecule has 100 valence electrons. The second kappa shape index (κ2) is 6.19. The Hall–Kier alpha value is -1.09. The number of nitrogens with two attached hydrogens (primary N) is 1. The summed E-state index contributed by atoms with van der Waals surface area (Å²) in [6.45, 7) is 2.40. The third-order valence-corrected chi connectivity index (χ3v) is 3.84. The minimum Gasteiger partial charge on any atom is -0.492 e. The Balaban J connectivity index is 1.88. The summed E-state index contributed by atoms with van der Waals surface area (Å²) in [7, 11) is 0. The second-order valence-corrected chi connectivity index (χ2v) is 5.28. The smallest absolute Gasteiger partial charge is 0.126 e. The van der Waals surface area contributed by atoms with Crippen molar-refractivity contribution in [3.63, 3.8) is 0 Å². The molecular weight excluding hydrogens is 229 g/mol. The molecule has 0 radical (unpaired) electrons.